The second kappa shape index (κ2) is 7.80. The third kappa shape index (κ3) is 4.10. The molecule has 5 heteroatoms. The van der Waals surface area contributed by atoms with Gasteiger partial charge in [0.25, 0.3) is 0 Å². The highest BCUT2D eigenvalue weighted by Gasteiger charge is 2.19. The summed E-state index contributed by atoms with van der Waals surface area (Å²) in [5.74, 6) is 1.01. The van der Waals surface area contributed by atoms with Crippen molar-refractivity contribution in [1.29, 1.82) is 0 Å². The highest BCUT2D eigenvalue weighted by molar-refractivity contribution is 5.29. The van der Waals surface area contributed by atoms with Crippen LogP contribution in [-0.4, -0.2) is 32.4 Å². The Morgan fingerprint density at radius 1 is 1.19 bits per heavy atom. The number of aryl methyl sites for hydroxylation is 1. The lowest BCUT2D eigenvalue weighted by molar-refractivity contribution is 0.193. The predicted molar refractivity (Wildman–Crippen MR) is 101 cm³/mol. The van der Waals surface area contributed by atoms with Gasteiger partial charge in [-0.15, -0.1) is 0 Å². The molecule has 1 aliphatic heterocycles. The van der Waals surface area contributed by atoms with Gasteiger partial charge >= 0.3 is 0 Å². The van der Waals surface area contributed by atoms with E-state index in [1.807, 2.05) is 6.07 Å². The van der Waals surface area contributed by atoms with Crippen molar-refractivity contribution in [3.8, 4) is 5.75 Å². The maximum absolute atomic E-state index is 9.79. The zero-order valence-electron chi connectivity index (χ0n) is 15.6. The molecule has 1 aromatic carbocycles. The lowest BCUT2D eigenvalue weighted by Gasteiger charge is -2.20. The van der Waals surface area contributed by atoms with E-state index in [2.05, 4.69) is 38.9 Å². The zero-order valence-corrected chi connectivity index (χ0v) is 15.6. The summed E-state index contributed by atoms with van der Waals surface area (Å²) in [7, 11) is 0. The minimum Gasteiger partial charge on any atom is -0.490 e. The van der Waals surface area contributed by atoms with E-state index in [0.29, 0.717) is 6.10 Å². The lowest BCUT2D eigenvalue weighted by atomic mass is 10.2. The molecule has 1 saturated carbocycles. The summed E-state index contributed by atoms with van der Waals surface area (Å²) >= 11 is 0. The summed E-state index contributed by atoms with van der Waals surface area (Å²) < 4.78 is 8.21. The van der Waals surface area contributed by atoms with E-state index < -0.39 is 6.10 Å². The molecule has 4 rings (SSSR count). The van der Waals surface area contributed by atoms with Gasteiger partial charge in [-0.2, -0.15) is 5.10 Å². The molecule has 1 N–H and O–H groups in total. The van der Waals surface area contributed by atoms with Gasteiger partial charge in [-0.25, -0.2) is 0 Å². The van der Waals surface area contributed by atoms with Crippen LogP contribution in [0.1, 0.15) is 62.1 Å². The molecule has 140 valence electrons. The number of ether oxygens (including phenoxy) is 1. The van der Waals surface area contributed by atoms with E-state index in [1.54, 1.807) is 6.92 Å². The van der Waals surface area contributed by atoms with Crippen LogP contribution in [0.3, 0.4) is 0 Å². The van der Waals surface area contributed by atoms with Crippen LogP contribution in [0.25, 0.3) is 0 Å². The van der Waals surface area contributed by atoms with Gasteiger partial charge in [0.15, 0.2) is 0 Å². The SMILES string of the molecule is CC(O)c1cc2n(n1)CCCN(Cc1cccc(OC3CCCC3)c1)C2. The van der Waals surface area contributed by atoms with E-state index in [4.69, 9.17) is 4.74 Å². The fourth-order valence-electron chi connectivity index (χ4n) is 4.06. The van der Waals surface area contributed by atoms with Crippen molar-refractivity contribution in [2.24, 2.45) is 0 Å². The molecule has 1 unspecified atom stereocenters. The van der Waals surface area contributed by atoms with Crippen LogP contribution < -0.4 is 4.74 Å². The van der Waals surface area contributed by atoms with Crippen LogP contribution in [0.4, 0.5) is 0 Å². The second-order valence-electron chi connectivity index (χ2n) is 7.70. The van der Waals surface area contributed by atoms with Gasteiger partial charge in [0.1, 0.15) is 5.75 Å². The minimum atomic E-state index is -0.507. The van der Waals surface area contributed by atoms with Crippen molar-refractivity contribution in [3.05, 3.63) is 47.3 Å². The van der Waals surface area contributed by atoms with Gasteiger partial charge in [-0.05, 0) is 62.8 Å². The van der Waals surface area contributed by atoms with Crippen LogP contribution in [0.15, 0.2) is 30.3 Å². The van der Waals surface area contributed by atoms with E-state index in [9.17, 15) is 5.11 Å². The summed E-state index contributed by atoms with van der Waals surface area (Å²) in [4.78, 5) is 2.46. The average Bonchev–Trinajstić information content (AvgIpc) is 3.22. The van der Waals surface area contributed by atoms with Crippen molar-refractivity contribution >= 4 is 0 Å². The van der Waals surface area contributed by atoms with Gasteiger partial charge in [-0.1, -0.05) is 12.1 Å². The van der Waals surface area contributed by atoms with Crippen LogP contribution in [-0.2, 0) is 19.6 Å². The largest absolute Gasteiger partial charge is 0.490 e. The summed E-state index contributed by atoms with van der Waals surface area (Å²) in [6, 6.07) is 10.6. The maximum atomic E-state index is 9.79. The highest BCUT2D eigenvalue weighted by Crippen LogP contribution is 2.25. The fraction of sp³-hybridized carbons (Fsp3) is 0.571. The van der Waals surface area contributed by atoms with E-state index in [1.165, 1.54) is 36.9 Å². The number of nitrogens with zero attached hydrogens (tertiary/aromatic N) is 3. The molecule has 2 heterocycles. The van der Waals surface area contributed by atoms with Crippen molar-refractivity contribution in [1.82, 2.24) is 14.7 Å². The molecule has 0 saturated heterocycles. The summed E-state index contributed by atoms with van der Waals surface area (Å²) in [6.07, 6.45) is 5.92. The fourth-order valence-corrected chi connectivity index (χ4v) is 4.06. The molecular formula is C21H29N3O2. The summed E-state index contributed by atoms with van der Waals surface area (Å²) in [5, 5.41) is 14.3. The summed E-state index contributed by atoms with van der Waals surface area (Å²) in [5.41, 5.74) is 3.26. The Balaban J connectivity index is 1.43. The van der Waals surface area contributed by atoms with Gasteiger partial charge in [0.05, 0.1) is 23.6 Å². The molecule has 0 amide bonds. The number of hydrogen-bond donors (Lipinski definition) is 1. The van der Waals surface area contributed by atoms with Crippen molar-refractivity contribution < 1.29 is 9.84 Å². The van der Waals surface area contributed by atoms with E-state index in [-0.39, 0.29) is 0 Å². The molecular weight excluding hydrogens is 326 g/mol. The Kier molecular flexibility index (Phi) is 5.27. The third-order valence-electron chi connectivity index (χ3n) is 5.45. The number of hydrogen-bond acceptors (Lipinski definition) is 4. The first kappa shape index (κ1) is 17.6. The Morgan fingerprint density at radius 2 is 2.04 bits per heavy atom. The number of benzene rings is 1. The van der Waals surface area contributed by atoms with E-state index >= 15 is 0 Å². The number of aliphatic hydroxyl groups excluding tert-OH is 1. The van der Waals surface area contributed by atoms with Crippen molar-refractivity contribution in [2.75, 3.05) is 6.54 Å². The first-order valence-corrected chi connectivity index (χ1v) is 9.90. The van der Waals surface area contributed by atoms with Gasteiger partial charge in [0, 0.05) is 26.2 Å². The first-order chi connectivity index (χ1) is 12.7. The van der Waals surface area contributed by atoms with Crippen LogP contribution in [0, 0.1) is 0 Å². The molecule has 2 aliphatic rings. The molecule has 2 aromatic rings. The Labute approximate surface area is 155 Å². The smallest absolute Gasteiger partial charge is 0.120 e. The lowest BCUT2D eigenvalue weighted by Crippen LogP contribution is -2.22. The number of fused-ring (bicyclic) bond motifs is 1. The monoisotopic (exact) mass is 355 g/mol. The highest BCUT2D eigenvalue weighted by atomic mass is 16.5. The number of aliphatic hydroxyl groups is 1. The summed E-state index contributed by atoms with van der Waals surface area (Å²) in [6.45, 7) is 5.53. The standard InChI is InChI=1S/C21H29N3O2/c1-16(25)21-13-18-15-23(10-5-11-24(18)22-21)14-17-6-4-9-20(12-17)26-19-7-2-3-8-19/h4,6,9,12-13,16,19,25H,2-3,5,7-8,10-11,14-15H2,1H3. The molecule has 0 radical (unpaired) electrons. The molecule has 0 spiro atoms. The van der Waals surface area contributed by atoms with Crippen LogP contribution >= 0.6 is 0 Å². The van der Waals surface area contributed by atoms with Gasteiger partial charge < -0.3 is 9.84 Å². The molecule has 1 aromatic heterocycles. The van der Waals surface area contributed by atoms with Crippen LogP contribution in [0.5, 0.6) is 5.75 Å². The molecule has 0 bridgehead atoms. The van der Waals surface area contributed by atoms with Crippen LogP contribution in [0.2, 0.25) is 0 Å². The average molecular weight is 355 g/mol. The quantitative estimate of drug-likeness (QED) is 0.889. The van der Waals surface area contributed by atoms with Gasteiger partial charge in [-0.3, -0.25) is 9.58 Å². The zero-order chi connectivity index (χ0) is 17.9. The first-order valence-electron chi connectivity index (χ1n) is 9.90. The second-order valence-corrected chi connectivity index (χ2v) is 7.70. The maximum Gasteiger partial charge on any atom is 0.120 e. The van der Waals surface area contributed by atoms with Crippen molar-refractivity contribution in [2.45, 2.75) is 70.9 Å². The normalized spacial score (nSPS) is 19.9. The van der Waals surface area contributed by atoms with Crippen molar-refractivity contribution in [3.63, 3.8) is 0 Å². The number of rotatable bonds is 5. The molecule has 5 nitrogen and oxygen atoms in total. The topological polar surface area (TPSA) is 50.5 Å². The predicted octanol–water partition coefficient (Wildman–Crippen LogP) is 3.66. The Hall–Kier alpha value is -1.85. The molecule has 1 aliphatic carbocycles. The van der Waals surface area contributed by atoms with Gasteiger partial charge in [0.2, 0.25) is 0 Å². The Morgan fingerprint density at radius 3 is 2.85 bits per heavy atom. The van der Waals surface area contributed by atoms with E-state index in [0.717, 1.165) is 44.0 Å². The third-order valence-corrected chi connectivity index (χ3v) is 5.45. The number of aromatic nitrogens is 2. The minimum absolute atomic E-state index is 0.400. The molecule has 1 atom stereocenters. The Bertz CT molecular complexity index is 735. The molecule has 1 fully saturated rings. The molecule has 26 heavy (non-hydrogen) atoms.